The lowest BCUT2D eigenvalue weighted by Gasteiger charge is -2.23. The van der Waals surface area contributed by atoms with E-state index in [4.69, 9.17) is 11.5 Å². The number of aliphatic carboxylic acids is 1. The molecule has 0 bridgehead atoms. The normalized spacial score (nSPS) is 26.6. The van der Waals surface area contributed by atoms with Crippen LogP contribution in [0.15, 0.2) is 0 Å². The van der Waals surface area contributed by atoms with Gasteiger partial charge in [-0.2, -0.15) is 0 Å². The number of nitrogens with zero attached hydrogens (tertiary/aromatic N) is 1. The number of terminal acetylenes is 1. The molecule has 1 amide bonds. The highest BCUT2D eigenvalue weighted by atomic mass is 16.4. The van der Waals surface area contributed by atoms with Gasteiger partial charge < -0.3 is 10.0 Å². The number of hydrogen-bond donors (Lipinski definition) is 1. The highest BCUT2D eigenvalue weighted by Crippen LogP contribution is 2.34. The van der Waals surface area contributed by atoms with E-state index in [1.807, 2.05) is 0 Å². The second-order valence-corrected chi connectivity index (χ2v) is 5.41. The molecule has 1 N–H and O–H groups in total. The van der Waals surface area contributed by atoms with Crippen LogP contribution in [0, 0.1) is 30.1 Å². The van der Waals surface area contributed by atoms with Gasteiger partial charge in [0.2, 0.25) is 5.91 Å². The first kappa shape index (κ1) is 12.9. The van der Waals surface area contributed by atoms with Crippen molar-refractivity contribution >= 4 is 11.9 Å². The Kier molecular flexibility index (Phi) is 3.90. The summed E-state index contributed by atoms with van der Waals surface area (Å²) in [6, 6.07) is 0. The summed E-state index contributed by atoms with van der Waals surface area (Å²) in [6.45, 7) is 1.10. The summed E-state index contributed by atoms with van der Waals surface area (Å²) < 4.78 is 0. The van der Waals surface area contributed by atoms with E-state index in [1.54, 1.807) is 4.90 Å². The summed E-state index contributed by atoms with van der Waals surface area (Å²) in [5.74, 6) is 1.92. The van der Waals surface area contributed by atoms with Gasteiger partial charge in [-0.3, -0.25) is 9.59 Å². The van der Waals surface area contributed by atoms with Crippen molar-refractivity contribution in [1.82, 2.24) is 4.90 Å². The first-order valence-electron chi connectivity index (χ1n) is 6.57. The van der Waals surface area contributed by atoms with E-state index in [-0.39, 0.29) is 17.7 Å². The number of carboxylic acids is 1. The second-order valence-electron chi connectivity index (χ2n) is 5.41. The molecule has 2 aliphatic rings. The van der Waals surface area contributed by atoms with E-state index in [9.17, 15) is 9.59 Å². The minimum atomic E-state index is -0.781. The SMILES string of the molecule is C#CCN(CC1CC1)C(=O)C1CCC(C(=O)O)C1. The third kappa shape index (κ3) is 3.04. The molecule has 0 heterocycles. The third-order valence-corrected chi connectivity index (χ3v) is 3.90. The highest BCUT2D eigenvalue weighted by molar-refractivity contribution is 5.81. The van der Waals surface area contributed by atoms with Gasteiger partial charge >= 0.3 is 5.97 Å². The van der Waals surface area contributed by atoms with Crippen LogP contribution < -0.4 is 0 Å². The topological polar surface area (TPSA) is 57.6 Å². The molecule has 0 aromatic rings. The first-order valence-corrected chi connectivity index (χ1v) is 6.57. The minimum Gasteiger partial charge on any atom is -0.481 e. The lowest BCUT2D eigenvalue weighted by molar-refractivity contribution is -0.141. The Morgan fingerprint density at radius 3 is 2.39 bits per heavy atom. The van der Waals surface area contributed by atoms with Crippen molar-refractivity contribution in [3.63, 3.8) is 0 Å². The highest BCUT2D eigenvalue weighted by Gasteiger charge is 2.37. The number of carboxylic acid groups (broad SMARTS) is 1. The first-order chi connectivity index (χ1) is 8.61. The van der Waals surface area contributed by atoms with Crippen molar-refractivity contribution in [3.05, 3.63) is 0 Å². The van der Waals surface area contributed by atoms with Crippen LogP contribution in [0.4, 0.5) is 0 Å². The standard InChI is InChI=1S/C14H19NO3/c1-2-7-15(9-10-3-4-10)13(16)11-5-6-12(8-11)14(17)18/h1,10-12H,3-9H2,(H,17,18). The monoisotopic (exact) mass is 249 g/mol. The lowest BCUT2D eigenvalue weighted by Crippen LogP contribution is -2.37. The molecule has 2 unspecified atom stereocenters. The molecule has 98 valence electrons. The fraction of sp³-hybridized carbons (Fsp3) is 0.714. The summed E-state index contributed by atoms with van der Waals surface area (Å²) in [7, 11) is 0. The van der Waals surface area contributed by atoms with Crippen LogP contribution in [0.1, 0.15) is 32.1 Å². The van der Waals surface area contributed by atoms with Crippen LogP contribution in [0.2, 0.25) is 0 Å². The Hall–Kier alpha value is -1.50. The van der Waals surface area contributed by atoms with Crippen molar-refractivity contribution in [1.29, 1.82) is 0 Å². The molecular formula is C14H19NO3. The van der Waals surface area contributed by atoms with Crippen LogP contribution in [0.3, 0.4) is 0 Å². The van der Waals surface area contributed by atoms with Crippen molar-refractivity contribution in [3.8, 4) is 12.3 Å². The van der Waals surface area contributed by atoms with Gasteiger partial charge in [0.1, 0.15) is 0 Å². The van der Waals surface area contributed by atoms with Crippen LogP contribution in [0.25, 0.3) is 0 Å². The van der Waals surface area contributed by atoms with Gasteiger partial charge in [0.15, 0.2) is 0 Å². The molecular weight excluding hydrogens is 230 g/mol. The molecule has 2 rings (SSSR count). The third-order valence-electron chi connectivity index (χ3n) is 3.90. The lowest BCUT2D eigenvalue weighted by atomic mass is 10.0. The average Bonchev–Trinajstić information content (AvgIpc) is 3.01. The molecule has 0 aliphatic heterocycles. The quantitative estimate of drug-likeness (QED) is 0.748. The van der Waals surface area contributed by atoms with E-state index in [2.05, 4.69) is 5.92 Å². The van der Waals surface area contributed by atoms with Gasteiger partial charge in [0.25, 0.3) is 0 Å². The van der Waals surface area contributed by atoms with Crippen LogP contribution in [-0.4, -0.2) is 35.0 Å². The van der Waals surface area contributed by atoms with Gasteiger partial charge in [-0.05, 0) is 38.0 Å². The smallest absolute Gasteiger partial charge is 0.306 e. The number of rotatable bonds is 5. The number of amides is 1. The van der Waals surface area contributed by atoms with Crippen molar-refractivity contribution in [2.75, 3.05) is 13.1 Å². The molecule has 2 fully saturated rings. The zero-order valence-corrected chi connectivity index (χ0v) is 10.5. The van der Waals surface area contributed by atoms with E-state index in [1.165, 1.54) is 12.8 Å². The average molecular weight is 249 g/mol. The Labute approximate surface area is 107 Å². The van der Waals surface area contributed by atoms with E-state index in [0.717, 1.165) is 6.54 Å². The Balaban J connectivity index is 1.91. The molecule has 0 saturated heterocycles. The van der Waals surface area contributed by atoms with Crippen LogP contribution in [-0.2, 0) is 9.59 Å². The molecule has 18 heavy (non-hydrogen) atoms. The maximum atomic E-state index is 12.3. The molecule has 2 atom stereocenters. The second kappa shape index (κ2) is 5.43. The zero-order chi connectivity index (χ0) is 13.1. The Bertz CT molecular complexity index is 381. The summed E-state index contributed by atoms with van der Waals surface area (Å²) in [4.78, 5) is 24.9. The summed E-state index contributed by atoms with van der Waals surface area (Å²) >= 11 is 0. The zero-order valence-electron chi connectivity index (χ0n) is 10.5. The molecule has 0 aromatic heterocycles. The number of carbonyl (C=O) groups is 2. The van der Waals surface area contributed by atoms with Gasteiger partial charge in [-0.25, -0.2) is 0 Å². The summed E-state index contributed by atoms with van der Waals surface area (Å²) in [5.41, 5.74) is 0. The van der Waals surface area contributed by atoms with Crippen molar-refractivity contribution in [2.24, 2.45) is 17.8 Å². The fourth-order valence-electron chi connectivity index (χ4n) is 2.64. The summed E-state index contributed by atoms with van der Waals surface area (Å²) in [6.07, 6.45) is 9.42. The number of carbonyl (C=O) groups excluding carboxylic acids is 1. The molecule has 4 nitrogen and oxygen atoms in total. The molecule has 2 saturated carbocycles. The predicted molar refractivity (Wildman–Crippen MR) is 66.6 cm³/mol. The molecule has 0 spiro atoms. The Morgan fingerprint density at radius 1 is 1.22 bits per heavy atom. The predicted octanol–water partition coefficient (Wildman–Crippen LogP) is 1.36. The fourth-order valence-corrected chi connectivity index (χ4v) is 2.64. The van der Waals surface area contributed by atoms with E-state index in [0.29, 0.717) is 31.7 Å². The van der Waals surface area contributed by atoms with Crippen molar-refractivity contribution in [2.45, 2.75) is 32.1 Å². The van der Waals surface area contributed by atoms with Gasteiger partial charge in [-0.1, -0.05) is 5.92 Å². The van der Waals surface area contributed by atoms with Gasteiger partial charge in [0, 0.05) is 12.5 Å². The van der Waals surface area contributed by atoms with Crippen molar-refractivity contribution < 1.29 is 14.7 Å². The Morgan fingerprint density at radius 2 is 1.89 bits per heavy atom. The van der Waals surface area contributed by atoms with Crippen LogP contribution >= 0.6 is 0 Å². The van der Waals surface area contributed by atoms with Gasteiger partial charge in [0.05, 0.1) is 12.5 Å². The van der Waals surface area contributed by atoms with Crippen LogP contribution in [0.5, 0.6) is 0 Å². The largest absolute Gasteiger partial charge is 0.481 e. The molecule has 0 radical (unpaired) electrons. The minimum absolute atomic E-state index is 0.0589. The molecule has 2 aliphatic carbocycles. The van der Waals surface area contributed by atoms with Gasteiger partial charge in [-0.15, -0.1) is 6.42 Å². The van der Waals surface area contributed by atoms with E-state index >= 15 is 0 Å². The maximum Gasteiger partial charge on any atom is 0.306 e. The van der Waals surface area contributed by atoms with E-state index < -0.39 is 5.97 Å². The molecule has 4 heteroatoms. The maximum absolute atomic E-state index is 12.3. The summed E-state index contributed by atoms with van der Waals surface area (Å²) in [5, 5.41) is 8.95. The molecule has 0 aromatic carbocycles. The number of hydrogen-bond acceptors (Lipinski definition) is 2.